The van der Waals surface area contributed by atoms with E-state index in [0.29, 0.717) is 24.4 Å². The zero-order chi connectivity index (χ0) is 28.8. The van der Waals surface area contributed by atoms with E-state index in [9.17, 15) is 32.2 Å². The molecule has 3 aromatic rings. The molecule has 0 bridgehead atoms. The van der Waals surface area contributed by atoms with E-state index in [-0.39, 0.29) is 13.0 Å². The molecule has 2 aliphatic rings. The van der Waals surface area contributed by atoms with Gasteiger partial charge in [0.15, 0.2) is 0 Å². The zero-order valence-electron chi connectivity index (χ0n) is 21.7. The molecule has 5 rings (SSSR count). The van der Waals surface area contributed by atoms with E-state index in [2.05, 4.69) is 16.5 Å². The number of nitriles is 1. The number of rotatable bonds is 6. The fourth-order valence-electron chi connectivity index (χ4n) is 4.98. The molecule has 1 amide bonds. The molecule has 1 aliphatic heterocycles. The lowest BCUT2D eigenvalue weighted by molar-refractivity contribution is -0.139. The van der Waals surface area contributed by atoms with Crippen LogP contribution in [0.15, 0.2) is 59.5 Å². The summed E-state index contributed by atoms with van der Waals surface area (Å²) >= 11 is 0. The van der Waals surface area contributed by atoms with Gasteiger partial charge in [0.1, 0.15) is 28.2 Å². The van der Waals surface area contributed by atoms with E-state index in [0.717, 1.165) is 23.4 Å². The van der Waals surface area contributed by atoms with Crippen molar-refractivity contribution in [1.29, 1.82) is 5.26 Å². The highest BCUT2D eigenvalue weighted by Gasteiger charge is 2.49. The number of anilines is 1. The Balaban J connectivity index is 1.51. The van der Waals surface area contributed by atoms with E-state index in [1.807, 2.05) is 31.2 Å². The molecule has 2 aromatic carbocycles. The van der Waals surface area contributed by atoms with E-state index in [1.165, 1.54) is 12.1 Å². The van der Waals surface area contributed by atoms with Gasteiger partial charge >= 0.3 is 6.18 Å². The van der Waals surface area contributed by atoms with Gasteiger partial charge < -0.3 is 10.2 Å². The van der Waals surface area contributed by atoms with Gasteiger partial charge in [0.05, 0.1) is 33.8 Å². The third-order valence-corrected chi connectivity index (χ3v) is 8.65. The summed E-state index contributed by atoms with van der Waals surface area (Å²) in [7, 11) is -2.62. The molecule has 40 heavy (non-hydrogen) atoms. The number of nitrogens with one attached hydrogen (secondary N) is 1. The summed E-state index contributed by atoms with van der Waals surface area (Å²) in [5, 5.41) is 16.0. The molecule has 1 N–H and O–H groups in total. The zero-order valence-corrected chi connectivity index (χ0v) is 22.6. The van der Waals surface area contributed by atoms with Crippen LogP contribution in [-0.4, -0.2) is 43.1 Å². The molecular weight excluding hydrogens is 543 g/mol. The maximum atomic E-state index is 13.6. The van der Waals surface area contributed by atoms with Crippen LogP contribution < -0.4 is 10.2 Å². The first-order valence-corrected chi connectivity index (χ1v) is 13.8. The minimum Gasteiger partial charge on any atom is -0.344 e. The van der Waals surface area contributed by atoms with Crippen LogP contribution in [0.4, 0.5) is 19.0 Å². The monoisotopic (exact) mass is 569 g/mol. The van der Waals surface area contributed by atoms with Gasteiger partial charge in [-0.3, -0.25) is 9.59 Å². The Morgan fingerprint density at radius 3 is 2.50 bits per heavy atom. The number of nitrogens with zero attached hydrogens (tertiary/aromatic N) is 4. The standard InChI is InChI=1S/C28H26F3N5O3S/c1-17-6-5-7-20(12-17)36-24(13-18(2)34-36)35-15-19(14-22(35)25(37)33-27(16-32)10-11-27)26(38)40(39)23-9-4-3-8-21(23)28(29,30)31/h3-9,12-13,19,22H,10-11,14-15H2,1-2H3,(H,33,37)/t19-,22+,40?/m1/s1. The number of aryl methyl sites for hydroxylation is 2. The summed E-state index contributed by atoms with van der Waals surface area (Å²) < 4.78 is 55.6. The third kappa shape index (κ3) is 5.25. The van der Waals surface area contributed by atoms with Crippen molar-refractivity contribution < 1.29 is 27.0 Å². The van der Waals surface area contributed by atoms with Crippen molar-refractivity contribution in [3.63, 3.8) is 0 Å². The van der Waals surface area contributed by atoms with Crippen molar-refractivity contribution >= 4 is 27.6 Å². The van der Waals surface area contributed by atoms with Crippen molar-refractivity contribution in [3.05, 3.63) is 71.4 Å². The molecule has 2 heterocycles. The molecule has 1 aromatic heterocycles. The number of amides is 1. The Kier molecular flexibility index (Phi) is 7.04. The summed E-state index contributed by atoms with van der Waals surface area (Å²) in [6.45, 7) is 3.64. The van der Waals surface area contributed by atoms with Gasteiger partial charge in [-0.15, -0.1) is 0 Å². The quantitative estimate of drug-likeness (QED) is 0.477. The lowest BCUT2D eigenvalue weighted by atomic mass is 10.1. The number of hydrogen-bond donors (Lipinski definition) is 1. The van der Waals surface area contributed by atoms with Crippen LogP contribution in [0.1, 0.15) is 36.1 Å². The van der Waals surface area contributed by atoms with Crippen LogP contribution >= 0.6 is 0 Å². The third-order valence-electron chi connectivity index (χ3n) is 7.19. The maximum Gasteiger partial charge on any atom is 0.417 e. The molecule has 0 radical (unpaired) electrons. The largest absolute Gasteiger partial charge is 0.417 e. The highest BCUT2D eigenvalue weighted by Crippen LogP contribution is 2.38. The highest BCUT2D eigenvalue weighted by atomic mass is 32.2. The molecule has 2 fully saturated rings. The Labute approximate surface area is 231 Å². The smallest absolute Gasteiger partial charge is 0.344 e. The van der Waals surface area contributed by atoms with E-state index in [1.54, 1.807) is 22.6 Å². The van der Waals surface area contributed by atoms with Gasteiger partial charge in [-0.05, 0) is 62.9 Å². The summed E-state index contributed by atoms with van der Waals surface area (Å²) in [5.41, 5.74) is 0.234. The highest BCUT2D eigenvalue weighted by molar-refractivity contribution is 8.00. The second kappa shape index (κ2) is 10.2. The van der Waals surface area contributed by atoms with Gasteiger partial charge in [0.2, 0.25) is 11.0 Å². The number of carbonyl (C=O) groups is 2. The number of alkyl halides is 3. The number of hydrogen-bond acceptors (Lipinski definition) is 6. The van der Waals surface area contributed by atoms with Crippen LogP contribution in [-0.2, 0) is 26.6 Å². The molecule has 1 aliphatic carbocycles. The molecule has 208 valence electrons. The minimum atomic E-state index is -4.79. The fraction of sp³-hybridized carbons (Fsp3) is 0.357. The molecule has 12 heteroatoms. The summed E-state index contributed by atoms with van der Waals surface area (Å²) in [5.74, 6) is -0.983. The van der Waals surface area contributed by atoms with Crippen LogP contribution in [0.5, 0.6) is 0 Å². The fourth-order valence-corrected chi connectivity index (χ4v) is 6.26. The minimum absolute atomic E-state index is 0.0622. The van der Waals surface area contributed by atoms with Crippen LogP contribution in [0, 0.1) is 31.1 Å². The number of aromatic nitrogens is 2. The number of carbonyl (C=O) groups excluding carboxylic acids is 2. The second-order valence-corrected chi connectivity index (χ2v) is 11.6. The molecule has 0 spiro atoms. The number of benzene rings is 2. The van der Waals surface area contributed by atoms with Crippen molar-refractivity contribution in [2.45, 2.75) is 55.8 Å². The maximum absolute atomic E-state index is 13.6. The lowest BCUT2D eigenvalue weighted by Crippen LogP contribution is -2.48. The Morgan fingerprint density at radius 1 is 1.12 bits per heavy atom. The van der Waals surface area contributed by atoms with Crippen LogP contribution in [0.2, 0.25) is 0 Å². The average molecular weight is 570 g/mol. The predicted octanol–water partition coefficient (Wildman–Crippen LogP) is 4.21. The molecular formula is C28H26F3N5O3S. The van der Waals surface area contributed by atoms with Crippen molar-refractivity contribution in [2.75, 3.05) is 11.4 Å². The lowest BCUT2D eigenvalue weighted by Gasteiger charge is -2.27. The van der Waals surface area contributed by atoms with Gasteiger partial charge in [-0.25, -0.2) is 8.89 Å². The normalized spacial score (nSPS) is 20.6. The van der Waals surface area contributed by atoms with E-state index >= 15 is 0 Å². The molecule has 1 saturated carbocycles. The predicted molar refractivity (Wildman–Crippen MR) is 141 cm³/mol. The SMILES string of the molecule is Cc1cccc(-n2nc(C)cc2N2C[C@H](C(=O)S(=O)c3ccccc3C(F)(F)F)C[C@H]2C(=O)NC2(C#N)CC2)c1. The van der Waals surface area contributed by atoms with Crippen molar-refractivity contribution in [2.24, 2.45) is 5.92 Å². The molecule has 3 atom stereocenters. The molecule has 1 saturated heterocycles. The topological polar surface area (TPSA) is 108 Å². The van der Waals surface area contributed by atoms with Gasteiger partial charge in [-0.1, -0.05) is 24.3 Å². The summed E-state index contributed by atoms with van der Waals surface area (Å²) in [4.78, 5) is 28.0. The van der Waals surface area contributed by atoms with Crippen molar-refractivity contribution in [1.82, 2.24) is 15.1 Å². The second-order valence-electron chi connectivity index (χ2n) is 10.3. The first kappa shape index (κ1) is 27.6. The Hall–Kier alpha value is -3.98. The van der Waals surface area contributed by atoms with E-state index in [4.69, 9.17) is 0 Å². The summed E-state index contributed by atoms with van der Waals surface area (Å²) in [6, 6.07) is 14.7. The molecule has 8 nitrogen and oxygen atoms in total. The van der Waals surface area contributed by atoms with Gasteiger partial charge in [0, 0.05) is 12.6 Å². The van der Waals surface area contributed by atoms with E-state index < -0.39 is 56.0 Å². The Bertz CT molecular complexity index is 1560. The van der Waals surface area contributed by atoms with Crippen LogP contribution in [0.3, 0.4) is 0 Å². The summed E-state index contributed by atoms with van der Waals surface area (Å²) in [6.07, 6.45) is -3.86. The first-order valence-electron chi connectivity index (χ1n) is 12.7. The van der Waals surface area contributed by atoms with Crippen molar-refractivity contribution in [3.8, 4) is 11.8 Å². The average Bonchev–Trinajstić information content (AvgIpc) is 3.36. The first-order chi connectivity index (χ1) is 18.9. The number of halogens is 3. The van der Waals surface area contributed by atoms with Gasteiger partial charge in [-0.2, -0.15) is 23.5 Å². The molecule has 1 unspecified atom stereocenters. The Morgan fingerprint density at radius 2 is 1.85 bits per heavy atom. The van der Waals surface area contributed by atoms with Crippen LogP contribution in [0.25, 0.3) is 5.69 Å². The van der Waals surface area contributed by atoms with Gasteiger partial charge in [0.25, 0.3) is 0 Å².